The summed E-state index contributed by atoms with van der Waals surface area (Å²) in [4.78, 5) is 15.6. The van der Waals surface area contributed by atoms with Crippen molar-refractivity contribution >= 4 is 17.2 Å². The van der Waals surface area contributed by atoms with Gasteiger partial charge < -0.3 is 10.1 Å². The lowest BCUT2D eigenvalue weighted by molar-refractivity contribution is -0.140. The zero-order valence-electron chi connectivity index (χ0n) is 12.2. The van der Waals surface area contributed by atoms with Crippen LogP contribution in [0.5, 0.6) is 5.88 Å². The predicted octanol–water partition coefficient (Wildman–Crippen LogP) is 2.84. The van der Waals surface area contributed by atoms with Crippen molar-refractivity contribution in [3.8, 4) is 5.88 Å². The van der Waals surface area contributed by atoms with Crippen molar-refractivity contribution in [3.05, 3.63) is 33.9 Å². The molecule has 0 aliphatic rings. The van der Waals surface area contributed by atoms with Crippen molar-refractivity contribution in [1.29, 1.82) is 0 Å². The van der Waals surface area contributed by atoms with Crippen LogP contribution in [0.3, 0.4) is 0 Å². The fraction of sp³-hybridized carbons (Fsp3) is 0.385. The molecule has 0 spiro atoms. The second kappa shape index (κ2) is 6.90. The number of amides is 1. The Bertz CT molecular complexity index is 673. The van der Waals surface area contributed by atoms with Gasteiger partial charge in [-0.25, -0.2) is 4.98 Å². The third kappa shape index (κ3) is 4.15. The van der Waals surface area contributed by atoms with Crippen LogP contribution in [0.25, 0.3) is 0 Å². The lowest BCUT2D eigenvalue weighted by atomic mass is 10.2. The second-order valence-electron chi connectivity index (χ2n) is 4.46. The lowest BCUT2D eigenvalue weighted by Crippen LogP contribution is -2.29. The van der Waals surface area contributed by atoms with Crippen LogP contribution in [0.2, 0.25) is 0 Å². The van der Waals surface area contributed by atoms with Gasteiger partial charge in [0, 0.05) is 11.4 Å². The van der Waals surface area contributed by atoms with Crippen LogP contribution in [0.15, 0.2) is 17.5 Å². The third-order valence-corrected chi connectivity index (χ3v) is 3.86. The van der Waals surface area contributed by atoms with Gasteiger partial charge in [0.05, 0.1) is 13.2 Å². The van der Waals surface area contributed by atoms with Gasteiger partial charge in [0.25, 0.3) is 5.91 Å². The van der Waals surface area contributed by atoms with E-state index in [1.807, 2.05) is 0 Å². The van der Waals surface area contributed by atoms with Crippen LogP contribution in [0.1, 0.15) is 40.6 Å². The topological polar surface area (TPSA) is 77.0 Å². The highest BCUT2D eigenvalue weighted by Crippen LogP contribution is 2.32. The number of hydrogen-bond acceptors (Lipinski definition) is 6. The molecule has 10 heteroatoms. The summed E-state index contributed by atoms with van der Waals surface area (Å²) in [7, 11) is 1.41. The minimum atomic E-state index is -4.50. The van der Waals surface area contributed by atoms with E-state index in [0.717, 1.165) is 16.7 Å². The van der Waals surface area contributed by atoms with Gasteiger partial charge in [-0.1, -0.05) is 6.92 Å². The maximum absolute atomic E-state index is 12.6. The smallest absolute Gasteiger partial charge is 0.434 e. The third-order valence-electron chi connectivity index (χ3n) is 2.91. The van der Waals surface area contributed by atoms with Crippen LogP contribution in [-0.4, -0.2) is 28.2 Å². The average molecular weight is 346 g/mol. The highest BCUT2D eigenvalue weighted by Gasteiger charge is 2.34. The summed E-state index contributed by atoms with van der Waals surface area (Å²) in [6.07, 6.45) is -4.11. The number of ether oxygens (including phenoxy) is 1. The summed E-state index contributed by atoms with van der Waals surface area (Å²) in [6.45, 7) is 1.74. The van der Waals surface area contributed by atoms with Gasteiger partial charge in [0.2, 0.25) is 5.88 Å². The molecule has 0 fully saturated rings. The lowest BCUT2D eigenvalue weighted by Gasteiger charge is -2.14. The maximum Gasteiger partial charge on any atom is 0.434 e. The van der Waals surface area contributed by atoms with Crippen LogP contribution in [0.4, 0.5) is 13.2 Å². The molecule has 0 bridgehead atoms. The van der Waals surface area contributed by atoms with Crippen LogP contribution < -0.4 is 10.1 Å². The number of hydrogen-bond donors (Lipinski definition) is 1. The van der Waals surface area contributed by atoms with E-state index in [0.29, 0.717) is 6.42 Å². The Morgan fingerprint density at radius 3 is 2.61 bits per heavy atom. The molecule has 1 N–H and O–H groups in total. The zero-order chi connectivity index (χ0) is 17.0. The summed E-state index contributed by atoms with van der Waals surface area (Å²) in [6, 6.07) is 2.25. The highest BCUT2D eigenvalue weighted by molar-refractivity contribution is 7.09. The van der Waals surface area contributed by atoms with Gasteiger partial charge in [-0.3, -0.25) is 4.79 Å². The second-order valence-corrected chi connectivity index (χ2v) is 5.35. The van der Waals surface area contributed by atoms with E-state index in [4.69, 9.17) is 4.74 Å². The van der Waals surface area contributed by atoms with Crippen LogP contribution in [-0.2, 0) is 6.18 Å². The fourth-order valence-corrected chi connectivity index (χ4v) is 2.66. The van der Waals surface area contributed by atoms with Crippen LogP contribution >= 0.6 is 11.3 Å². The number of carbonyl (C=O) groups is 1. The Morgan fingerprint density at radius 1 is 1.39 bits per heavy atom. The zero-order valence-corrected chi connectivity index (χ0v) is 13.0. The molecular weight excluding hydrogens is 333 g/mol. The Morgan fingerprint density at radius 2 is 2.13 bits per heavy atom. The van der Waals surface area contributed by atoms with Crippen LogP contribution in [0, 0.1) is 0 Å². The summed E-state index contributed by atoms with van der Waals surface area (Å²) >= 11 is 0.850. The van der Waals surface area contributed by atoms with Crippen molar-refractivity contribution in [2.75, 3.05) is 7.11 Å². The predicted molar refractivity (Wildman–Crippen MR) is 76.2 cm³/mol. The van der Waals surface area contributed by atoms with Gasteiger partial charge >= 0.3 is 6.18 Å². The van der Waals surface area contributed by atoms with Crippen molar-refractivity contribution < 1.29 is 22.7 Å². The van der Waals surface area contributed by atoms with Gasteiger partial charge in [-0.05, 0) is 12.5 Å². The fourth-order valence-electron chi connectivity index (χ4n) is 1.70. The molecule has 0 aromatic carbocycles. The first-order valence-electron chi connectivity index (χ1n) is 6.56. The first-order chi connectivity index (χ1) is 10.8. The van der Waals surface area contributed by atoms with E-state index >= 15 is 0 Å². The van der Waals surface area contributed by atoms with Crippen molar-refractivity contribution in [3.63, 3.8) is 0 Å². The molecule has 1 amide bonds. The molecule has 1 atom stereocenters. The average Bonchev–Trinajstić information content (AvgIpc) is 3.02. The molecule has 2 rings (SSSR count). The molecule has 6 nitrogen and oxygen atoms in total. The number of methoxy groups -OCH3 is 1. The van der Waals surface area contributed by atoms with E-state index in [-0.39, 0.29) is 16.6 Å². The number of nitrogens with one attached hydrogen (secondary N) is 1. The largest absolute Gasteiger partial charge is 0.480 e. The molecule has 0 aliphatic carbocycles. The molecule has 0 saturated heterocycles. The summed E-state index contributed by atoms with van der Waals surface area (Å²) < 4.78 is 42.6. The molecule has 124 valence electrons. The molecule has 0 saturated carbocycles. The highest BCUT2D eigenvalue weighted by atomic mass is 32.1. The van der Waals surface area contributed by atoms with Gasteiger partial charge in [-0.2, -0.15) is 13.2 Å². The maximum atomic E-state index is 12.6. The number of alkyl halides is 3. The molecule has 0 aliphatic heterocycles. The number of carbonyl (C=O) groups excluding carboxylic acids is 1. The van der Waals surface area contributed by atoms with E-state index in [2.05, 4.69) is 20.5 Å². The standard InChI is InChI=1S/C13H13F3N4O2S/c1-3-7(12-18-9(6-23-12)13(14,15)16)17-11(21)8-4-5-10(22-2)20-19-8/h4-7H,3H2,1-2H3,(H,17,21)/t7-/m0/s1. The quantitative estimate of drug-likeness (QED) is 0.901. The minimum absolute atomic E-state index is 0.0388. The van der Waals surface area contributed by atoms with Gasteiger partial charge in [0.1, 0.15) is 5.01 Å². The first kappa shape index (κ1) is 17.1. The number of aromatic nitrogens is 3. The number of nitrogens with zero attached hydrogens (tertiary/aromatic N) is 3. The minimum Gasteiger partial charge on any atom is -0.480 e. The van der Waals surface area contributed by atoms with E-state index in [1.165, 1.54) is 19.2 Å². The first-order valence-corrected chi connectivity index (χ1v) is 7.44. The molecule has 23 heavy (non-hydrogen) atoms. The SMILES string of the molecule is CC[C@H](NC(=O)c1ccc(OC)nn1)c1nc(C(F)(F)F)cs1. The van der Waals surface area contributed by atoms with E-state index in [1.54, 1.807) is 6.92 Å². The monoisotopic (exact) mass is 346 g/mol. The van der Waals surface area contributed by atoms with Gasteiger partial charge in [0.15, 0.2) is 11.4 Å². The summed E-state index contributed by atoms with van der Waals surface area (Å²) in [5.41, 5.74) is -0.925. The Kier molecular flexibility index (Phi) is 5.14. The molecule has 0 radical (unpaired) electrons. The molecule has 2 aromatic heterocycles. The molecule has 2 aromatic rings. The summed E-state index contributed by atoms with van der Waals surface area (Å²) in [5.74, 6) is -0.293. The number of rotatable bonds is 5. The van der Waals surface area contributed by atoms with E-state index < -0.39 is 23.8 Å². The summed E-state index contributed by atoms with van der Waals surface area (Å²) in [5, 5.41) is 11.1. The normalized spacial score (nSPS) is 12.7. The van der Waals surface area contributed by atoms with Gasteiger partial charge in [-0.15, -0.1) is 21.5 Å². The Hall–Kier alpha value is -2.23. The Balaban J connectivity index is 2.12. The van der Waals surface area contributed by atoms with Crippen molar-refractivity contribution in [2.24, 2.45) is 0 Å². The molecule has 0 unspecified atom stereocenters. The van der Waals surface area contributed by atoms with Crippen molar-refractivity contribution in [2.45, 2.75) is 25.6 Å². The van der Waals surface area contributed by atoms with Crippen molar-refractivity contribution in [1.82, 2.24) is 20.5 Å². The Labute approximate surface area is 133 Å². The molecule has 2 heterocycles. The number of thiazole rings is 1. The van der Waals surface area contributed by atoms with E-state index in [9.17, 15) is 18.0 Å². The number of halogens is 3. The molecular formula is C13H13F3N4O2S.